The Morgan fingerprint density at radius 3 is 2.44 bits per heavy atom. The van der Waals surface area contributed by atoms with Gasteiger partial charge in [0.25, 0.3) is 0 Å². The molecule has 0 saturated heterocycles. The van der Waals surface area contributed by atoms with Crippen LogP contribution in [-0.4, -0.2) is 22.1 Å². The molecule has 3 aromatic carbocycles. The Balaban J connectivity index is 1.86. The molecule has 5 heteroatoms. The van der Waals surface area contributed by atoms with Crippen molar-refractivity contribution < 1.29 is 19.8 Å². The van der Waals surface area contributed by atoms with Crippen LogP contribution in [-0.2, 0) is 11.4 Å². The van der Waals surface area contributed by atoms with Gasteiger partial charge in [-0.1, -0.05) is 42.5 Å². The van der Waals surface area contributed by atoms with E-state index in [1.807, 2.05) is 49.4 Å². The van der Waals surface area contributed by atoms with Crippen LogP contribution in [0.4, 0.5) is 5.69 Å². The van der Waals surface area contributed by atoms with Gasteiger partial charge >= 0.3 is 5.97 Å². The number of carboxylic acid groups (broad SMARTS) is 1. The van der Waals surface area contributed by atoms with Gasteiger partial charge < -0.3 is 15.5 Å². The fourth-order valence-electron chi connectivity index (χ4n) is 2.86. The summed E-state index contributed by atoms with van der Waals surface area (Å²) < 4.78 is 0. The number of nitrogens with one attached hydrogen (secondary N) is 1. The number of aliphatic hydroxyl groups excluding tert-OH is 1. The van der Waals surface area contributed by atoms with Crippen molar-refractivity contribution in [3.8, 4) is 0 Å². The number of hydrogen-bond acceptors (Lipinski definition) is 3. The predicted molar refractivity (Wildman–Crippen MR) is 106 cm³/mol. The van der Waals surface area contributed by atoms with Crippen LogP contribution in [0.2, 0.25) is 0 Å². The Labute approximate surface area is 156 Å². The van der Waals surface area contributed by atoms with E-state index in [0.29, 0.717) is 5.56 Å². The van der Waals surface area contributed by atoms with E-state index in [1.54, 1.807) is 0 Å². The number of carbonyl (C=O) groups excluding carboxylic acids is 1. The van der Waals surface area contributed by atoms with E-state index in [4.69, 9.17) is 0 Å². The van der Waals surface area contributed by atoms with Crippen molar-refractivity contribution >= 4 is 33.9 Å². The Morgan fingerprint density at radius 1 is 1.00 bits per heavy atom. The summed E-state index contributed by atoms with van der Waals surface area (Å²) in [5, 5.41) is 23.3. The van der Waals surface area contributed by atoms with E-state index in [2.05, 4.69) is 5.32 Å². The fourth-order valence-corrected chi connectivity index (χ4v) is 2.86. The largest absolute Gasteiger partial charge is 0.478 e. The summed E-state index contributed by atoms with van der Waals surface area (Å²) in [6.45, 7) is 1.58. The molecule has 0 atom stereocenters. The third kappa shape index (κ3) is 4.22. The van der Waals surface area contributed by atoms with Crippen LogP contribution in [0.1, 0.15) is 28.4 Å². The molecule has 0 aliphatic rings. The zero-order valence-corrected chi connectivity index (χ0v) is 14.8. The van der Waals surface area contributed by atoms with Gasteiger partial charge in [0.15, 0.2) is 0 Å². The number of rotatable bonds is 5. The topological polar surface area (TPSA) is 86.6 Å². The summed E-state index contributed by atoms with van der Waals surface area (Å²) in [4.78, 5) is 23.7. The smallest absolute Gasteiger partial charge is 0.337 e. The Hall–Kier alpha value is -3.44. The number of benzene rings is 3. The van der Waals surface area contributed by atoms with Crippen molar-refractivity contribution in [2.24, 2.45) is 0 Å². The lowest BCUT2D eigenvalue weighted by Gasteiger charge is -2.09. The van der Waals surface area contributed by atoms with Crippen molar-refractivity contribution in [3.05, 3.63) is 83.4 Å². The Morgan fingerprint density at radius 2 is 1.74 bits per heavy atom. The van der Waals surface area contributed by atoms with E-state index < -0.39 is 11.9 Å². The molecule has 0 spiro atoms. The van der Waals surface area contributed by atoms with Crippen LogP contribution in [0.25, 0.3) is 16.3 Å². The average molecular weight is 361 g/mol. The zero-order chi connectivity index (χ0) is 19.4. The third-order valence-electron chi connectivity index (χ3n) is 4.31. The van der Waals surface area contributed by atoms with E-state index >= 15 is 0 Å². The van der Waals surface area contributed by atoms with Gasteiger partial charge in [-0.15, -0.1) is 0 Å². The van der Waals surface area contributed by atoms with Crippen molar-refractivity contribution in [2.45, 2.75) is 13.5 Å². The molecule has 0 aromatic heterocycles. The van der Waals surface area contributed by atoms with E-state index in [0.717, 1.165) is 21.9 Å². The van der Waals surface area contributed by atoms with E-state index in [-0.39, 0.29) is 17.9 Å². The quantitative estimate of drug-likeness (QED) is 0.598. The highest BCUT2D eigenvalue weighted by Crippen LogP contribution is 2.22. The number of amides is 1. The Kier molecular flexibility index (Phi) is 5.33. The second-order valence-corrected chi connectivity index (χ2v) is 6.22. The lowest BCUT2D eigenvalue weighted by atomic mass is 10.0. The number of hydrogen-bond donors (Lipinski definition) is 3. The highest BCUT2D eigenvalue weighted by molar-refractivity contribution is 6.07. The summed E-state index contributed by atoms with van der Waals surface area (Å²) in [5.74, 6) is -1.58. The van der Waals surface area contributed by atoms with Crippen LogP contribution in [0.5, 0.6) is 0 Å². The Bertz CT molecular complexity index is 1050. The molecular weight excluding hydrogens is 342 g/mol. The number of aromatic carboxylic acids is 1. The van der Waals surface area contributed by atoms with Crippen molar-refractivity contribution in [1.82, 2.24) is 0 Å². The third-order valence-corrected chi connectivity index (χ3v) is 4.31. The molecule has 136 valence electrons. The molecule has 0 heterocycles. The van der Waals surface area contributed by atoms with Crippen molar-refractivity contribution in [2.75, 3.05) is 5.32 Å². The summed E-state index contributed by atoms with van der Waals surface area (Å²) in [6.07, 6.45) is 1.43. The maximum atomic E-state index is 12.4. The van der Waals surface area contributed by atoms with Crippen LogP contribution in [0.15, 0.2) is 66.7 Å². The molecule has 0 saturated carbocycles. The first kappa shape index (κ1) is 18.4. The van der Waals surface area contributed by atoms with Gasteiger partial charge in [-0.2, -0.15) is 0 Å². The molecule has 0 unspecified atom stereocenters. The molecule has 27 heavy (non-hydrogen) atoms. The number of carboxylic acids is 1. The van der Waals surface area contributed by atoms with Gasteiger partial charge in [0, 0.05) is 6.08 Å². The predicted octanol–water partition coefficient (Wildman–Crippen LogP) is 4.07. The van der Waals surface area contributed by atoms with Gasteiger partial charge in [0.05, 0.1) is 17.9 Å². The maximum absolute atomic E-state index is 12.4. The van der Waals surface area contributed by atoms with E-state index in [9.17, 15) is 19.8 Å². The summed E-state index contributed by atoms with van der Waals surface area (Å²) in [6, 6.07) is 18.2. The molecule has 0 radical (unpaired) electrons. The summed E-state index contributed by atoms with van der Waals surface area (Å²) in [7, 11) is 0. The molecule has 3 aromatic rings. The first-order chi connectivity index (χ1) is 13.0. The van der Waals surface area contributed by atoms with Crippen LogP contribution in [0, 0.1) is 0 Å². The second kappa shape index (κ2) is 7.85. The molecule has 5 nitrogen and oxygen atoms in total. The second-order valence-electron chi connectivity index (χ2n) is 6.22. The zero-order valence-electron chi connectivity index (χ0n) is 14.8. The molecule has 0 aliphatic carbocycles. The minimum atomic E-state index is -1.15. The molecule has 0 aliphatic heterocycles. The van der Waals surface area contributed by atoms with Gasteiger partial charge in [-0.25, -0.2) is 4.79 Å². The minimum Gasteiger partial charge on any atom is -0.478 e. The van der Waals surface area contributed by atoms with Crippen LogP contribution < -0.4 is 5.32 Å². The standard InChI is InChI=1S/C22H19NO4/c1-14(17-8-7-16-4-2-3-5-18(16)12-17)10-21(25)23-20-11-15(13-24)6-9-19(20)22(26)27/h2-12,24H,13H2,1H3,(H,23,25)(H,26,27)/b14-10-. The molecule has 3 rings (SSSR count). The van der Waals surface area contributed by atoms with Crippen molar-refractivity contribution in [1.29, 1.82) is 0 Å². The van der Waals surface area contributed by atoms with Gasteiger partial charge in [0.1, 0.15) is 0 Å². The lowest BCUT2D eigenvalue weighted by molar-refractivity contribution is -0.111. The summed E-state index contributed by atoms with van der Waals surface area (Å²) in [5.41, 5.74) is 2.31. The SMILES string of the molecule is C/C(=C/C(=O)Nc1cc(CO)ccc1C(=O)O)c1ccc2ccccc2c1. The summed E-state index contributed by atoms with van der Waals surface area (Å²) >= 11 is 0. The highest BCUT2D eigenvalue weighted by atomic mass is 16.4. The fraction of sp³-hybridized carbons (Fsp3) is 0.0909. The normalized spacial score (nSPS) is 11.4. The van der Waals surface area contributed by atoms with E-state index in [1.165, 1.54) is 24.3 Å². The highest BCUT2D eigenvalue weighted by Gasteiger charge is 2.13. The molecule has 1 amide bonds. The number of fused-ring (bicyclic) bond motifs is 1. The van der Waals surface area contributed by atoms with Gasteiger partial charge in [-0.05, 0) is 52.6 Å². The lowest BCUT2D eigenvalue weighted by Crippen LogP contribution is -2.13. The number of carbonyl (C=O) groups is 2. The molecular formula is C22H19NO4. The minimum absolute atomic E-state index is 0.0303. The number of anilines is 1. The van der Waals surface area contributed by atoms with Crippen molar-refractivity contribution in [3.63, 3.8) is 0 Å². The first-order valence-electron chi connectivity index (χ1n) is 8.43. The van der Waals surface area contributed by atoms with Gasteiger partial charge in [0.2, 0.25) is 5.91 Å². The molecule has 0 fully saturated rings. The first-order valence-corrected chi connectivity index (χ1v) is 8.43. The van der Waals surface area contributed by atoms with Gasteiger partial charge in [-0.3, -0.25) is 4.79 Å². The molecule has 3 N–H and O–H groups in total. The van der Waals surface area contributed by atoms with Crippen LogP contribution in [0.3, 0.4) is 0 Å². The molecule has 0 bridgehead atoms. The maximum Gasteiger partial charge on any atom is 0.337 e. The average Bonchev–Trinajstić information content (AvgIpc) is 2.67. The van der Waals surface area contributed by atoms with Crippen LogP contribution >= 0.6 is 0 Å². The monoisotopic (exact) mass is 361 g/mol. The number of aliphatic hydroxyl groups is 1. The number of allylic oxidation sites excluding steroid dienone is 1.